The van der Waals surface area contributed by atoms with Gasteiger partial charge in [0.15, 0.2) is 0 Å². The maximum absolute atomic E-state index is 4.53. The zero-order chi connectivity index (χ0) is 13.2. The second-order valence-electron chi connectivity index (χ2n) is 5.80. The molecule has 1 aliphatic rings. The number of unbranched alkanes of at least 4 members (excludes halogenated alkanes) is 1. The second kappa shape index (κ2) is 5.33. The Labute approximate surface area is 115 Å². The molecule has 0 atom stereocenters. The molecule has 1 heterocycles. The summed E-state index contributed by atoms with van der Waals surface area (Å²) < 4.78 is 2.21. The topological polar surface area (TPSA) is 21.1 Å². The van der Waals surface area contributed by atoms with Crippen LogP contribution in [-0.4, -0.2) is 28.3 Å². The first kappa shape index (κ1) is 12.7. The monoisotopic (exact) mass is 257 g/mol. The average molecular weight is 257 g/mol. The van der Waals surface area contributed by atoms with E-state index in [1.165, 1.54) is 48.7 Å². The van der Waals surface area contributed by atoms with Crippen LogP contribution in [0.1, 0.15) is 44.2 Å². The van der Waals surface area contributed by atoms with Crippen LogP contribution in [0.5, 0.6) is 0 Å². The molecule has 0 unspecified atom stereocenters. The Morgan fingerprint density at radius 1 is 1.37 bits per heavy atom. The van der Waals surface area contributed by atoms with Gasteiger partial charge in [-0.05, 0) is 44.5 Å². The molecule has 1 aromatic carbocycles. The molecule has 0 bridgehead atoms. The molecule has 1 saturated carbocycles. The predicted molar refractivity (Wildman–Crippen MR) is 79.2 cm³/mol. The van der Waals surface area contributed by atoms with Crippen molar-refractivity contribution < 1.29 is 0 Å². The van der Waals surface area contributed by atoms with E-state index in [4.69, 9.17) is 0 Å². The highest BCUT2D eigenvalue weighted by molar-refractivity contribution is 5.79. The summed E-state index contributed by atoms with van der Waals surface area (Å²) in [5.74, 6) is 0. The Kier molecular flexibility index (Phi) is 3.56. The van der Waals surface area contributed by atoms with E-state index in [0.717, 1.165) is 6.54 Å². The van der Waals surface area contributed by atoms with Gasteiger partial charge in [-0.1, -0.05) is 25.5 Å². The molecule has 0 aliphatic heterocycles. The van der Waals surface area contributed by atoms with Gasteiger partial charge in [0.1, 0.15) is 0 Å². The number of hydrogen-bond acceptors (Lipinski definition) is 2. The first-order chi connectivity index (χ1) is 9.28. The fraction of sp³-hybridized carbons (Fsp3) is 0.562. The van der Waals surface area contributed by atoms with Gasteiger partial charge in [-0.2, -0.15) is 5.10 Å². The van der Waals surface area contributed by atoms with Crippen LogP contribution in [0.25, 0.3) is 10.9 Å². The van der Waals surface area contributed by atoms with Crippen LogP contribution in [0, 0.1) is 0 Å². The predicted octanol–water partition coefficient (Wildman–Crippen LogP) is 3.60. The van der Waals surface area contributed by atoms with Crippen LogP contribution in [0.4, 0.5) is 0 Å². The summed E-state index contributed by atoms with van der Waals surface area (Å²) >= 11 is 0. The van der Waals surface area contributed by atoms with Gasteiger partial charge in [-0.3, -0.25) is 4.68 Å². The Morgan fingerprint density at radius 3 is 2.95 bits per heavy atom. The SMILES string of the molecule is CCCCN(C)Cc1ccc2cnn(C3CC3)c2c1. The van der Waals surface area contributed by atoms with E-state index in [-0.39, 0.29) is 0 Å². The first-order valence-electron chi connectivity index (χ1n) is 7.42. The number of rotatable bonds is 6. The lowest BCUT2D eigenvalue weighted by molar-refractivity contribution is 0.321. The van der Waals surface area contributed by atoms with Gasteiger partial charge in [0.05, 0.1) is 17.8 Å². The molecule has 0 saturated heterocycles. The summed E-state index contributed by atoms with van der Waals surface area (Å²) in [6.07, 6.45) is 7.11. The van der Waals surface area contributed by atoms with Crippen molar-refractivity contribution in [2.24, 2.45) is 0 Å². The van der Waals surface area contributed by atoms with E-state index in [2.05, 4.69) is 46.9 Å². The van der Waals surface area contributed by atoms with E-state index in [0.29, 0.717) is 6.04 Å². The minimum atomic E-state index is 0.658. The van der Waals surface area contributed by atoms with Crippen molar-refractivity contribution in [1.82, 2.24) is 14.7 Å². The Hall–Kier alpha value is -1.35. The lowest BCUT2D eigenvalue weighted by Crippen LogP contribution is -2.18. The maximum Gasteiger partial charge on any atom is 0.0688 e. The van der Waals surface area contributed by atoms with Crippen LogP contribution >= 0.6 is 0 Å². The van der Waals surface area contributed by atoms with Crippen LogP contribution in [0.2, 0.25) is 0 Å². The van der Waals surface area contributed by atoms with Crippen molar-refractivity contribution in [1.29, 1.82) is 0 Å². The van der Waals surface area contributed by atoms with Gasteiger partial charge in [0.2, 0.25) is 0 Å². The van der Waals surface area contributed by atoms with Crippen LogP contribution in [-0.2, 0) is 6.54 Å². The molecule has 102 valence electrons. The second-order valence-corrected chi connectivity index (χ2v) is 5.80. The first-order valence-corrected chi connectivity index (χ1v) is 7.42. The van der Waals surface area contributed by atoms with Crippen molar-refractivity contribution in [3.8, 4) is 0 Å². The number of nitrogens with zero attached hydrogens (tertiary/aromatic N) is 3. The van der Waals surface area contributed by atoms with E-state index in [1.807, 2.05) is 6.20 Å². The van der Waals surface area contributed by atoms with Crippen molar-refractivity contribution >= 4 is 10.9 Å². The molecule has 1 aromatic heterocycles. The molecule has 19 heavy (non-hydrogen) atoms. The fourth-order valence-electron chi connectivity index (χ4n) is 2.61. The lowest BCUT2D eigenvalue weighted by Gasteiger charge is -2.16. The lowest BCUT2D eigenvalue weighted by atomic mass is 10.1. The Balaban J connectivity index is 1.78. The van der Waals surface area contributed by atoms with Crippen LogP contribution in [0.15, 0.2) is 24.4 Å². The highest BCUT2D eigenvalue weighted by Crippen LogP contribution is 2.36. The summed E-state index contributed by atoms with van der Waals surface area (Å²) in [6.45, 7) is 4.45. The molecule has 3 rings (SSSR count). The van der Waals surface area contributed by atoms with Crippen molar-refractivity contribution in [3.63, 3.8) is 0 Å². The molecular weight excluding hydrogens is 234 g/mol. The normalized spacial score (nSPS) is 15.5. The van der Waals surface area contributed by atoms with Gasteiger partial charge >= 0.3 is 0 Å². The van der Waals surface area contributed by atoms with E-state index in [9.17, 15) is 0 Å². The summed E-state index contributed by atoms with van der Waals surface area (Å²) in [6, 6.07) is 7.43. The maximum atomic E-state index is 4.53. The van der Waals surface area contributed by atoms with Crippen molar-refractivity contribution in [2.45, 2.75) is 45.2 Å². The molecule has 3 nitrogen and oxygen atoms in total. The summed E-state index contributed by atoms with van der Waals surface area (Å²) in [5.41, 5.74) is 2.71. The third-order valence-corrected chi connectivity index (χ3v) is 3.90. The molecule has 0 amide bonds. The average Bonchev–Trinajstić information content (AvgIpc) is 3.17. The van der Waals surface area contributed by atoms with Crippen molar-refractivity contribution in [3.05, 3.63) is 30.0 Å². The smallest absolute Gasteiger partial charge is 0.0688 e. The number of hydrogen-bond donors (Lipinski definition) is 0. The van der Waals surface area contributed by atoms with E-state index >= 15 is 0 Å². The molecule has 3 heteroatoms. The number of fused-ring (bicyclic) bond motifs is 1. The fourth-order valence-corrected chi connectivity index (χ4v) is 2.61. The number of aromatic nitrogens is 2. The molecule has 0 radical (unpaired) electrons. The molecule has 0 spiro atoms. The molecule has 0 N–H and O–H groups in total. The van der Waals surface area contributed by atoms with E-state index in [1.54, 1.807) is 0 Å². The Morgan fingerprint density at radius 2 is 2.21 bits per heavy atom. The number of benzene rings is 1. The third-order valence-electron chi connectivity index (χ3n) is 3.90. The highest BCUT2D eigenvalue weighted by Gasteiger charge is 2.25. The van der Waals surface area contributed by atoms with Gasteiger partial charge in [-0.25, -0.2) is 0 Å². The van der Waals surface area contributed by atoms with Crippen LogP contribution in [0.3, 0.4) is 0 Å². The minimum Gasteiger partial charge on any atom is -0.302 e. The van der Waals surface area contributed by atoms with Gasteiger partial charge in [0, 0.05) is 11.9 Å². The summed E-state index contributed by atoms with van der Waals surface area (Å²) in [4.78, 5) is 2.41. The zero-order valence-corrected chi connectivity index (χ0v) is 12.0. The summed E-state index contributed by atoms with van der Waals surface area (Å²) in [5, 5.41) is 5.80. The van der Waals surface area contributed by atoms with Gasteiger partial charge < -0.3 is 4.90 Å². The molecule has 1 aliphatic carbocycles. The molecule has 2 aromatic rings. The largest absolute Gasteiger partial charge is 0.302 e. The minimum absolute atomic E-state index is 0.658. The Bertz CT molecular complexity index is 554. The standard InChI is InChI=1S/C16H23N3/c1-3-4-9-18(2)12-13-5-6-14-11-17-19(15-7-8-15)16(14)10-13/h5-6,10-11,15H,3-4,7-9,12H2,1-2H3. The van der Waals surface area contributed by atoms with Crippen molar-refractivity contribution in [2.75, 3.05) is 13.6 Å². The van der Waals surface area contributed by atoms with Crippen LogP contribution < -0.4 is 0 Å². The van der Waals surface area contributed by atoms with Gasteiger partial charge in [0.25, 0.3) is 0 Å². The third kappa shape index (κ3) is 2.81. The summed E-state index contributed by atoms with van der Waals surface area (Å²) in [7, 11) is 2.21. The van der Waals surface area contributed by atoms with Gasteiger partial charge in [-0.15, -0.1) is 0 Å². The molecular formula is C16H23N3. The van der Waals surface area contributed by atoms with E-state index < -0.39 is 0 Å². The highest BCUT2D eigenvalue weighted by atomic mass is 15.3. The molecule has 1 fully saturated rings. The zero-order valence-electron chi connectivity index (χ0n) is 12.0. The quantitative estimate of drug-likeness (QED) is 0.788.